The van der Waals surface area contributed by atoms with Crippen molar-refractivity contribution in [3.63, 3.8) is 0 Å². The van der Waals surface area contributed by atoms with Gasteiger partial charge in [0, 0.05) is 11.7 Å². The van der Waals surface area contributed by atoms with Crippen LogP contribution >= 0.6 is 23.1 Å². The van der Waals surface area contributed by atoms with Crippen molar-refractivity contribution in [1.82, 2.24) is 20.8 Å². The topological polar surface area (TPSA) is 96.0 Å². The number of carbonyl (C=O) groups excluding carboxylic acids is 2. The number of aryl methyl sites for hydroxylation is 2. The fraction of sp³-hybridized carbons (Fsp3) is 0.412. The molecule has 0 saturated heterocycles. The van der Waals surface area contributed by atoms with E-state index in [1.54, 1.807) is 0 Å². The summed E-state index contributed by atoms with van der Waals surface area (Å²) in [4.78, 5) is 23.4. The van der Waals surface area contributed by atoms with Crippen LogP contribution in [-0.4, -0.2) is 33.9 Å². The van der Waals surface area contributed by atoms with Crippen LogP contribution in [0.1, 0.15) is 31.4 Å². The van der Waals surface area contributed by atoms with E-state index in [4.69, 9.17) is 0 Å². The summed E-state index contributed by atoms with van der Waals surface area (Å²) in [6, 6.07) is 5.63. The van der Waals surface area contributed by atoms with Crippen molar-refractivity contribution < 1.29 is 9.59 Å². The zero-order valence-corrected chi connectivity index (χ0v) is 16.9. The van der Waals surface area contributed by atoms with Gasteiger partial charge in [0.15, 0.2) is 4.34 Å². The molecule has 3 N–H and O–H groups in total. The van der Waals surface area contributed by atoms with Gasteiger partial charge in [-0.25, -0.2) is 4.79 Å². The maximum atomic E-state index is 11.8. The molecule has 0 radical (unpaired) electrons. The largest absolute Gasteiger partial charge is 0.335 e. The van der Waals surface area contributed by atoms with E-state index >= 15 is 0 Å². The zero-order chi connectivity index (χ0) is 19.1. The number of amides is 3. The van der Waals surface area contributed by atoms with E-state index in [2.05, 4.69) is 40.0 Å². The first-order chi connectivity index (χ1) is 12.4. The van der Waals surface area contributed by atoms with Gasteiger partial charge >= 0.3 is 6.03 Å². The van der Waals surface area contributed by atoms with Crippen LogP contribution in [0.5, 0.6) is 0 Å². The number of imide groups is 1. The third-order valence-electron chi connectivity index (χ3n) is 3.73. The van der Waals surface area contributed by atoms with E-state index in [1.165, 1.54) is 34.2 Å². The van der Waals surface area contributed by atoms with Crippen molar-refractivity contribution >= 4 is 45.9 Å². The van der Waals surface area contributed by atoms with E-state index in [0.29, 0.717) is 9.47 Å². The molecule has 3 amide bonds. The Balaban J connectivity index is 1.81. The number of nitrogens with one attached hydrogen (secondary N) is 3. The first-order valence-corrected chi connectivity index (χ1v) is 10.1. The van der Waals surface area contributed by atoms with Crippen molar-refractivity contribution in [2.24, 2.45) is 0 Å². The molecular weight excluding hydrogens is 370 g/mol. The molecule has 7 nitrogen and oxygen atoms in total. The van der Waals surface area contributed by atoms with Gasteiger partial charge in [0.05, 0.1) is 5.75 Å². The van der Waals surface area contributed by atoms with Crippen LogP contribution in [0.3, 0.4) is 0 Å². The Hall–Kier alpha value is -2.13. The molecule has 0 saturated carbocycles. The Morgan fingerprint density at radius 2 is 2.00 bits per heavy atom. The van der Waals surface area contributed by atoms with Gasteiger partial charge < -0.3 is 10.6 Å². The van der Waals surface area contributed by atoms with Crippen LogP contribution in [0.25, 0.3) is 0 Å². The highest BCUT2D eigenvalue weighted by atomic mass is 32.2. The average molecular weight is 394 g/mol. The first-order valence-electron chi connectivity index (χ1n) is 8.28. The van der Waals surface area contributed by atoms with E-state index in [9.17, 15) is 9.59 Å². The number of benzene rings is 1. The minimum atomic E-state index is -0.473. The molecule has 1 aromatic heterocycles. The Morgan fingerprint density at radius 1 is 1.23 bits per heavy atom. The van der Waals surface area contributed by atoms with Crippen LogP contribution in [0, 0.1) is 13.8 Å². The average Bonchev–Trinajstić information content (AvgIpc) is 3.03. The molecule has 26 heavy (non-hydrogen) atoms. The van der Waals surface area contributed by atoms with Crippen LogP contribution < -0.4 is 16.0 Å². The molecule has 1 heterocycles. The molecule has 0 spiro atoms. The lowest BCUT2D eigenvalue weighted by Gasteiger charge is -2.11. The molecule has 0 aliphatic heterocycles. The maximum Gasteiger partial charge on any atom is 0.321 e. The fourth-order valence-corrected chi connectivity index (χ4v) is 3.49. The zero-order valence-electron chi connectivity index (χ0n) is 15.3. The monoisotopic (exact) mass is 393 g/mol. The molecule has 2 aromatic rings. The first kappa shape index (κ1) is 20.2. The third-order valence-corrected chi connectivity index (χ3v) is 5.71. The second-order valence-corrected chi connectivity index (χ2v) is 8.12. The predicted octanol–water partition coefficient (Wildman–Crippen LogP) is 3.61. The maximum absolute atomic E-state index is 11.8. The van der Waals surface area contributed by atoms with Gasteiger partial charge in [0.1, 0.15) is 0 Å². The molecular formula is C17H23N5O2S2. The summed E-state index contributed by atoms with van der Waals surface area (Å²) >= 11 is 2.61. The van der Waals surface area contributed by atoms with Gasteiger partial charge in [-0.2, -0.15) is 0 Å². The van der Waals surface area contributed by atoms with Crippen LogP contribution in [0.15, 0.2) is 22.5 Å². The Labute approximate surface area is 161 Å². The van der Waals surface area contributed by atoms with E-state index < -0.39 is 6.03 Å². The second kappa shape index (κ2) is 9.54. The lowest BCUT2D eigenvalue weighted by Crippen LogP contribution is -2.43. The summed E-state index contributed by atoms with van der Waals surface area (Å²) in [5, 5.41) is 17.0. The van der Waals surface area contributed by atoms with E-state index in [-0.39, 0.29) is 17.7 Å². The third kappa shape index (κ3) is 6.30. The van der Waals surface area contributed by atoms with E-state index in [1.807, 2.05) is 32.0 Å². The van der Waals surface area contributed by atoms with Crippen molar-refractivity contribution in [3.8, 4) is 0 Å². The minimum Gasteiger partial charge on any atom is -0.335 e. The molecule has 1 atom stereocenters. The quantitative estimate of drug-likeness (QED) is 0.622. The number of hydrogen-bond acceptors (Lipinski definition) is 7. The summed E-state index contributed by atoms with van der Waals surface area (Å²) in [6.07, 6.45) is 0.803. The number of nitrogens with zero attached hydrogens (tertiary/aromatic N) is 2. The van der Waals surface area contributed by atoms with Crippen molar-refractivity contribution in [3.05, 3.63) is 29.3 Å². The minimum absolute atomic E-state index is 0.0256. The lowest BCUT2D eigenvalue weighted by molar-refractivity contribution is -0.117. The molecule has 0 unspecified atom stereocenters. The van der Waals surface area contributed by atoms with Crippen molar-refractivity contribution in [2.75, 3.05) is 11.1 Å². The van der Waals surface area contributed by atoms with Gasteiger partial charge in [0.25, 0.3) is 0 Å². The van der Waals surface area contributed by atoms with Gasteiger partial charge in [-0.05, 0) is 50.5 Å². The summed E-state index contributed by atoms with van der Waals surface area (Å²) in [5.74, 6) is -0.263. The summed E-state index contributed by atoms with van der Waals surface area (Å²) in [6.45, 7) is 7.96. The molecule has 140 valence electrons. The van der Waals surface area contributed by atoms with Gasteiger partial charge in [-0.1, -0.05) is 36.1 Å². The van der Waals surface area contributed by atoms with Crippen LogP contribution in [-0.2, 0) is 4.79 Å². The van der Waals surface area contributed by atoms with Gasteiger partial charge in [0.2, 0.25) is 11.0 Å². The summed E-state index contributed by atoms with van der Waals surface area (Å²) in [5.41, 5.74) is 3.37. The Bertz CT molecular complexity index is 778. The smallest absolute Gasteiger partial charge is 0.321 e. The Kier molecular flexibility index (Phi) is 7.40. The number of anilines is 2. The normalized spacial score (nSPS) is 11.7. The molecule has 0 bridgehead atoms. The molecule has 9 heteroatoms. The molecule has 0 aliphatic rings. The molecule has 0 fully saturated rings. The van der Waals surface area contributed by atoms with E-state index in [0.717, 1.165) is 12.1 Å². The second-order valence-electron chi connectivity index (χ2n) is 5.92. The highest BCUT2D eigenvalue weighted by Gasteiger charge is 2.12. The van der Waals surface area contributed by atoms with Crippen LogP contribution in [0.2, 0.25) is 0 Å². The number of carbonyl (C=O) groups is 2. The number of rotatable bonds is 7. The van der Waals surface area contributed by atoms with Crippen molar-refractivity contribution in [1.29, 1.82) is 0 Å². The standard InChI is InChI=1S/C17H23N5O2S2/c1-5-12(4)18-15(24)20-14(23)9-25-17-22-21-16(26-17)19-13-7-6-10(2)11(3)8-13/h6-8,12H,5,9H2,1-4H3,(H,19,21)(H2,18,20,23,24)/t12-/m1/s1. The summed E-state index contributed by atoms with van der Waals surface area (Å²) < 4.78 is 0.661. The molecule has 1 aromatic carbocycles. The highest BCUT2D eigenvalue weighted by molar-refractivity contribution is 8.01. The number of thioether (sulfide) groups is 1. The van der Waals surface area contributed by atoms with Gasteiger partial charge in [-0.3, -0.25) is 10.1 Å². The highest BCUT2D eigenvalue weighted by Crippen LogP contribution is 2.28. The fourth-order valence-electron chi connectivity index (χ4n) is 1.91. The number of urea groups is 1. The van der Waals surface area contributed by atoms with Gasteiger partial charge in [-0.15, -0.1) is 10.2 Å². The van der Waals surface area contributed by atoms with Crippen LogP contribution in [0.4, 0.5) is 15.6 Å². The summed E-state index contributed by atoms with van der Waals surface area (Å²) in [7, 11) is 0. The molecule has 0 aliphatic carbocycles. The predicted molar refractivity (Wildman–Crippen MR) is 106 cm³/mol. The SMILES string of the molecule is CC[C@@H](C)NC(=O)NC(=O)CSc1nnc(Nc2ccc(C)c(C)c2)s1. The number of aromatic nitrogens is 2. The van der Waals surface area contributed by atoms with Crippen molar-refractivity contribution in [2.45, 2.75) is 44.5 Å². The lowest BCUT2D eigenvalue weighted by atomic mass is 10.1. The Morgan fingerprint density at radius 3 is 2.69 bits per heavy atom. The number of hydrogen-bond donors (Lipinski definition) is 3. The molecule has 2 rings (SSSR count).